The number of rotatable bonds is 4. The van der Waals surface area contributed by atoms with Crippen LogP contribution in [0.4, 0.5) is 5.69 Å². The van der Waals surface area contributed by atoms with E-state index >= 15 is 0 Å². The largest absolute Gasteiger partial charge is 0.361 e. The van der Waals surface area contributed by atoms with Gasteiger partial charge in [0, 0.05) is 18.3 Å². The maximum atomic E-state index is 11.8. The average molecular weight is 245 g/mol. The van der Waals surface area contributed by atoms with Crippen LogP contribution in [0.25, 0.3) is 0 Å². The Morgan fingerprint density at radius 3 is 2.89 bits per heavy atom. The number of anilines is 1. The van der Waals surface area contributed by atoms with Crippen LogP contribution in [0.3, 0.4) is 0 Å². The van der Waals surface area contributed by atoms with E-state index in [0.717, 1.165) is 17.8 Å². The molecule has 0 saturated carbocycles. The number of hydrogen-bond donors (Lipinski definition) is 2. The van der Waals surface area contributed by atoms with Crippen molar-refractivity contribution in [1.29, 1.82) is 0 Å². The molecule has 0 aliphatic heterocycles. The van der Waals surface area contributed by atoms with E-state index in [1.165, 1.54) is 0 Å². The molecule has 0 unspecified atom stereocenters. The molecule has 1 aromatic carbocycles. The molecule has 1 heterocycles. The lowest BCUT2D eigenvalue weighted by molar-refractivity contribution is 0.101. The highest BCUT2D eigenvalue weighted by molar-refractivity contribution is 6.02. The quantitative estimate of drug-likeness (QED) is 0.864. The minimum atomic E-state index is -0.270. The first-order chi connectivity index (χ1) is 8.69. The summed E-state index contributed by atoms with van der Waals surface area (Å²) in [5.74, 6) is 0.345. The molecule has 0 aliphatic rings. The molecule has 0 fully saturated rings. The molecule has 18 heavy (non-hydrogen) atoms. The summed E-state index contributed by atoms with van der Waals surface area (Å²) in [6.07, 6.45) is 0. The van der Waals surface area contributed by atoms with Crippen LogP contribution < -0.4 is 10.6 Å². The van der Waals surface area contributed by atoms with Crippen LogP contribution in [0.2, 0.25) is 0 Å². The fraction of sp³-hybridized carbons (Fsp3) is 0.231. The van der Waals surface area contributed by atoms with E-state index in [9.17, 15) is 4.79 Å². The predicted molar refractivity (Wildman–Crippen MR) is 68.4 cm³/mol. The van der Waals surface area contributed by atoms with Crippen molar-refractivity contribution in [3.8, 4) is 0 Å². The summed E-state index contributed by atoms with van der Waals surface area (Å²) in [6, 6.07) is 9.25. The highest BCUT2D eigenvalue weighted by Gasteiger charge is 2.10. The zero-order valence-corrected chi connectivity index (χ0v) is 10.4. The van der Waals surface area contributed by atoms with E-state index in [2.05, 4.69) is 15.8 Å². The van der Waals surface area contributed by atoms with Gasteiger partial charge in [0.15, 0.2) is 5.69 Å². The van der Waals surface area contributed by atoms with Crippen molar-refractivity contribution in [2.45, 2.75) is 13.5 Å². The number of nitrogens with zero attached hydrogens (tertiary/aromatic N) is 1. The van der Waals surface area contributed by atoms with Gasteiger partial charge in [-0.15, -0.1) is 0 Å². The van der Waals surface area contributed by atoms with Gasteiger partial charge in [-0.3, -0.25) is 4.79 Å². The fourth-order valence-electron chi connectivity index (χ4n) is 1.63. The normalized spacial score (nSPS) is 10.3. The zero-order valence-electron chi connectivity index (χ0n) is 10.4. The minimum absolute atomic E-state index is 0.270. The summed E-state index contributed by atoms with van der Waals surface area (Å²) in [5, 5.41) is 9.51. The Balaban J connectivity index is 2.09. The van der Waals surface area contributed by atoms with E-state index in [0.29, 0.717) is 5.76 Å². The Hall–Kier alpha value is -2.14. The van der Waals surface area contributed by atoms with E-state index < -0.39 is 0 Å². The van der Waals surface area contributed by atoms with Crippen LogP contribution >= 0.6 is 0 Å². The summed E-state index contributed by atoms with van der Waals surface area (Å²) < 4.78 is 4.86. The summed E-state index contributed by atoms with van der Waals surface area (Å²) in [4.78, 5) is 11.8. The summed E-state index contributed by atoms with van der Waals surface area (Å²) in [6.45, 7) is 2.50. The second-order valence-corrected chi connectivity index (χ2v) is 4.01. The summed E-state index contributed by atoms with van der Waals surface area (Å²) >= 11 is 0. The number of carbonyl (C=O) groups is 1. The van der Waals surface area contributed by atoms with Gasteiger partial charge in [0.05, 0.1) is 0 Å². The number of carbonyl (C=O) groups excluding carboxylic acids is 1. The lowest BCUT2D eigenvalue weighted by Crippen LogP contribution is -2.13. The van der Waals surface area contributed by atoms with Crippen LogP contribution in [0.5, 0.6) is 0 Å². The second kappa shape index (κ2) is 5.46. The van der Waals surface area contributed by atoms with Gasteiger partial charge >= 0.3 is 0 Å². The molecule has 2 N–H and O–H groups in total. The van der Waals surface area contributed by atoms with Gasteiger partial charge in [0.25, 0.3) is 5.91 Å². The van der Waals surface area contributed by atoms with Gasteiger partial charge in [-0.2, -0.15) is 0 Å². The van der Waals surface area contributed by atoms with Crippen molar-refractivity contribution in [3.63, 3.8) is 0 Å². The number of aromatic nitrogens is 1. The zero-order chi connectivity index (χ0) is 13.0. The minimum Gasteiger partial charge on any atom is -0.361 e. The van der Waals surface area contributed by atoms with Gasteiger partial charge in [-0.05, 0) is 31.7 Å². The third-order valence-corrected chi connectivity index (χ3v) is 2.43. The summed E-state index contributed by atoms with van der Waals surface area (Å²) in [5.41, 5.74) is 2.13. The Morgan fingerprint density at radius 2 is 2.22 bits per heavy atom. The maximum Gasteiger partial charge on any atom is 0.277 e. The third-order valence-electron chi connectivity index (χ3n) is 2.43. The second-order valence-electron chi connectivity index (χ2n) is 4.01. The van der Waals surface area contributed by atoms with Crippen molar-refractivity contribution in [2.75, 3.05) is 12.4 Å². The van der Waals surface area contributed by atoms with Crippen molar-refractivity contribution in [2.24, 2.45) is 0 Å². The van der Waals surface area contributed by atoms with Crippen molar-refractivity contribution in [1.82, 2.24) is 10.5 Å². The molecular formula is C13H15N3O2. The van der Waals surface area contributed by atoms with E-state index in [1.54, 1.807) is 13.0 Å². The standard InChI is InChI=1S/C13H15N3O2/c1-9-6-12(16-18-9)13(17)15-11-5-3-4-10(7-11)8-14-2/h3-7,14H,8H2,1-2H3,(H,15,17). The van der Waals surface area contributed by atoms with Gasteiger partial charge in [0.2, 0.25) is 0 Å². The molecule has 1 aromatic heterocycles. The third kappa shape index (κ3) is 2.95. The first kappa shape index (κ1) is 12.3. The number of hydrogen-bond acceptors (Lipinski definition) is 4. The van der Waals surface area contributed by atoms with Crippen LogP contribution in [0, 0.1) is 6.92 Å². The van der Waals surface area contributed by atoms with Gasteiger partial charge in [0.1, 0.15) is 5.76 Å². The molecule has 5 nitrogen and oxygen atoms in total. The molecule has 2 aromatic rings. The SMILES string of the molecule is CNCc1cccc(NC(=O)c2cc(C)on2)c1. The molecule has 0 saturated heterocycles. The van der Waals surface area contributed by atoms with Gasteiger partial charge in [-0.25, -0.2) is 0 Å². The van der Waals surface area contributed by atoms with E-state index in [-0.39, 0.29) is 11.6 Å². The number of benzene rings is 1. The monoisotopic (exact) mass is 245 g/mol. The molecule has 1 amide bonds. The number of aryl methyl sites for hydroxylation is 1. The van der Waals surface area contributed by atoms with Crippen LogP contribution in [0.1, 0.15) is 21.8 Å². The topological polar surface area (TPSA) is 67.2 Å². The Kier molecular flexibility index (Phi) is 3.74. The van der Waals surface area contributed by atoms with Crippen molar-refractivity contribution in [3.05, 3.63) is 47.3 Å². The Bertz CT molecular complexity index is 549. The lowest BCUT2D eigenvalue weighted by atomic mass is 10.2. The van der Waals surface area contributed by atoms with Crippen LogP contribution in [-0.2, 0) is 6.54 Å². The average Bonchev–Trinajstić information content (AvgIpc) is 2.77. The van der Waals surface area contributed by atoms with Crippen LogP contribution in [0.15, 0.2) is 34.9 Å². The Labute approximate surface area is 105 Å². The summed E-state index contributed by atoms with van der Waals surface area (Å²) in [7, 11) is 1.88. The molecule has 94 valence electrons. The first-order valence-corrected chi connectivity index (χ1v) is 5.67. The molecule has 2 rings (SSSR count). The smallest absolute Gasteiger partial charge is 0.277 e. The molecular weight excluding hydrogens is 230 g/mol. The highest BCUT2D eigenvalue weighted by Crippen LogP contribution is 2.12. The van der Waals surface area contributed by atoms with Gasteiger partial charge in [-0.1, -0.05) is 17.3 Å². The van der Waals surface area contributed by atoms with Crippen molar-refractivity contribution >= 4 is 11.6 Å². The van der Waals surface area contributed by atoms with Crippen LogP contribution in [-0.4, -0.2) is 18.1 Å². The highest BCUT2D eigenvalue weighted by atomic mass is 16.5. The fourth-order valence-corrected chi connectivity index (χ4v) is 1.63. The van der Waals surface area contributed by atoms with E-state index in [4.69, 9.17) is 4.52 Å². The first-order valence-electron chi connectivity index (χ1n) is 5.67. The molecule has 0 radical (unpaired) electrons. The Morgan fingerprint density at radius 1 is 1.39 bits per heavy atom. The lowest BCUT2D eigenvalue weighted by Gasteiger charge is -2.05. The van der Waals surface area contributed by atoms with Crippen molar-refractivity contribution < 1.29 is 9.32 Å². The molecule has 0 aliphatic carbocycles. The molecule has 5 heteroatoms. The van der Waals surface area contributed by atoms with Gasteiger partial charge < -0.3 is 15.2 Å². The van der Waals surface area contributed by atoms with E-state index in [1.807, 2.05) is 31.3 Å². The molecule has 0 atom stereocenters. The predicted octanol–water partition coefficient (Wildman–Crippen LogP) is 1.95. The number of nitrogens with one attached hydrogen (secondary N) is 2. The molecule has 0 bridgehead atoms. The molecule has 0 spiro atoms. The number of amides is 1. The maximum absolute atomic E-state index is 11.8.